The minimum Gasteiger partial charge on any atom is -0.462 e. The van der Waals surface area contributed by atoms with Crippen molar-refractivity contribution in [3.05, 3.63) is 36.5 Å². The smallest absolute Gasteiger partial charge is 0.306 e. The fraction of sp³-hybridized carbons (Fsp3) is 0.875. The number of unbranched alkanes of at least 4 members (excludes halogenated alkanes) is 48. The third kappa shape index (κ3) is 64.5. The van der Waals surface area contributed by atoms with Gasteiger partial charge in [0, 0.05) is 19.3 Å². The van der Waals surface area contributed by atoms with Crippen molar-refractivity contribution in [3.63, 3.8) is 0 Å². The molecule has 458 valence electrons. The topological polar surface area (TPSA) is 78.9 Å². The highest BCUT2D eigenvalue weighted by molar-refractivity contribution is 5.71. The van der Waals surface area contributed by atoms with E-state index in [0.717, 1.165) is 64.2 Å². The molecule has 1 atom stereocenters. The van der Waals surface area contributed by atoms with E-state index in [2.05, 4.69) is 57.2 Å². The summed E-state index contributed by atoms with van der Waals surface area (Å²) in [7, 11) is 0. The molecule has 0 rings (SSSR count). The quantitative estimate of drug-likeness (QED) is 0.0261. The Bertz CT molecular complexity index is 1300. The molecule has 1 unspecified atom stereocenters. The van der Waals surface area contributed by atoms with Gasteiger partial charge in [-0.3, -0.25) is 14.4 Å². The van der Waals surface area contributed by atoms with E-state index in [1.54, 1.807) is 0 Å². The lowest BCUT2D eigenvalue weighted by Gasteiger charge is -2.18. The molecule has 0 aromatic heterocycles. The first-order valence-corrected chi connectivity index (χ1v) is 35.0. The Hall–Kier alpha value is -2.37. The molecule has 78 heavy (non-hydrogen) atoms. The van der Waals surface area contributed by atoms with Gasteiger partial charge in [-0.2, -0.15) is 0 Å². The second-order valence-corrected chi connectivity index (χ2v) is 23.8. The fourth-order valence-corrected chi connectivity index (χ4v) is 10.6. The molecular formula is C72H134O6. The minimum atomic E-state index is -0.770. The number of carbonyl (C=O) groups excluding carboxylic acids is 3. The molecule has 0 aliphatic heterocycles. The molecule has 0 heterocycles. The van der Waals surface area contributed by atoms with Crippen molar-refractivity contribution in [2.24, 2.45) is 0 Å². The molecule has 0 N–H and O–H groups in total. The summed E-state index contributed by atoms with van der Waals surface area (Å²) in [5, 5.41) is 0. The zero-order valence-corrected chi connectivity index (χ0v) is 52.7. The van der Waals surface area contributed by atoms with Gasteiger partial charge in [0.05, 0.1) is 0 Å². The number of ether oxygens (including phenoxy) is 3. The van der Waals surface area contributed by atoms with E-state index >= 15 is 0 Å². The van der Waals surface area contributed by atoms with E-state index < -0.39 is 6.10 Å². The molecule has 0 aliphatic carbocycles. The lowest BCUT2D eigenvalue weighted by molar-refractivity contribution is -0.167. The highest BCUT2D eigenvalue weighted by Gasteiger charge is 2.19. The molecule has 0 aromatic rings. The third-order valence-corrected chi connectivity index (χ3v) is 15.9. The van der Waals surface area contributed by atoms with Crippen molar-refractivity contribution < 1.29 is 28.6 Å². The predicted octanol–water partition coefficient (Wildman–Crippen LogP) is 23.9. The Morgan fingerprint density at radius 3 is 0.718 bits per heavy atom. The Morgan fingerprint density at radius 1 is 0.256 bits per heavy atom. The van der Waals surface area contributed by atoms with Gasteiger partial charge in [0.15, 0.2) is 6.10 Å². The Balaban J connectivity index is 4.13. The first kappa shape index (κ1) is 75.6. The van der Waals surface area contributed by atoms with Crippen LogP contribution in [0.3, 0.4) is 0 Å². The summed E-state index contributed by atoms with van der Waals surface area (Å²) in [5.74, 6) is -0.844. The molecule has 0 bridgehead atoms. The van der Waals surface area contributed by atoms with Gasteiger partial charge < -0.3 is 14.2 Å². The number of carbonyl (C=O) groups is 3. The Kier molecular flexibility index (Phi) is 65.1. The largest absolute Gasteiger partial charge is 0.462 e. The van der Waals surface area contributed by atoms with Crippen LogP contribution in [0.4, 0.5) is 0 Å². The molecule has 0 aromatic carbocycles. The van der Waals surface area contributed by atoms with Crippen LogP contribution in [0, 0.1) is 0 Å². The van der Waals surface area contributed by atoms with Gasteiger partial charge in [0.2, 0.25) is 0 Å². The Labute approximate surface area is 486 Å². The number of hydrogen-bond acceptors (Lipinski definition) is 6. The van der Waals surface area contributed by atoms with Gasteiger partial charge >= 0.3 is 17.9 Å². The summed E-state index contributed by atoms with van der Waals surface area (Å²) in [6.07, 6.45) is 83.2. The van der Waals surface area contributed by atoms with Crippen LogP contribution in [0.15, 0.2) is 36.5 Å². The van der Waals surface area contributed by atoms with E-state index in [4.69, 9.17) is 14.2 Å². The van der Waals surface area contributed by atoms with Gasteiger partial charge in [0.25, 0.3) is 0 Å². The average Bonchev–Trinajstić information content (AvgIpc) is 3.44. The zero-order valence-electron chi connectivity index (χ0n) is 52.7. The highest BCUT2D eigenvalue weighted by atomic mass is 16.6. The van der Waals surface area contributed by atoms with Crippen molar-refractivity contribution in [3.8, 4) is 0 Å². The minimum absolute atomic E-state index is 0.0674. The molecule has 0 fully saturated rings. The first-order valence-electron chi connectivity index (χ1n) is 35.0. The van der Waals surface area contributed by atoms with Crippen molar-refractivity contribution in [2.75, 3.05) is 13.2 Å². The van der Waals surface area contributed by atoms with Crippen LogP contribution in [0.5, 0.6) is 0 Å². The van der Waals surface area contributed by atoms with Crippen molar-refractivity contribution in [1.29, 1.82) is 0 Å². The van der Waals surface area contributed by atoms with Gasteiger partial charge in [-0.15, -0.1) is 0 Å². The summed E-state index contributed by atoms with van der Waals surface area (Å²) in [6.45, 7) is 6.68. The fourth-order valence-electron chi connectivity index (χ4n) is 10.6. The lowest BCUT2D eigenvalue weighted by atomic mass is 10.0. The number of esters is 3. The summed E-state index contributed by atoms with van der Waals surface area (Å²) < 4.78 is 16.9. The number of rotatable bonds is 65. The molecular weight excluding hydrogens is 961 g/mol. The standard InChI is InChI=1S/C72H134O6/c1-4-7-10-13-16-19-22-24-26-28-30-32-33-34-35-36-37-38-39-41-42-44-46-48-50-53-56-59-62-65-71(74)77-68-69(67-76-70(73)64-61-58-55-52-21-18-15-12-9-6-3)78-72(75)66-63-60-57-54-51-49-47-45-43-40-31-29-27-25-23-20-17-14-11-8-5-2/h22,24,28-31,69H,4-21,23,25-27,32-68H2,1-3H3/b24-22-,30-28-,31-29-. The first-order chi connectivity index (χ1) is 38.5. The van der Waals surface area contributed by atoms with Gasteiger partial charge in [-0.25, -0.2) is 0 Å². The molecule has 0 spiro atoms. The van der Waals surface area contributed by atoms with Crippen LogP contribution in [0.25, 0.3) is 0 Å². The predicted molar refractivity (Wildman–Crippen MR) is 339 cm³/mol. The van der Waals surface area contributed by atoms with E-state index in [1.807, 2.05) is 0 Å². The van der Waals surface area contributed by atoms with Crippen LogP contribution in [-0.4, -0.2) is 37.2 Å². The average molecular weight is 1100 g/mol. The Morgan fingerprint density at radius 2 is 0.462 bits per heavy atom. The van der Waals surface area contributed by atoms with E-state index in [1.165, 1.54) is 283 Å². The number of hydrogen-bond donors (Lipinski definition) is 0. The van der Waals surface area contributed by atoms with Crippen LogP contribution in [0.1, 0.15) is 387 Å². The van der Waals surface area contributed by atoms with E-state index in [9.17, 15) is 14.4 Å². The van der Waals surface area contributed by atoms with Crippen LogP contribution >= 0.6 is 0 Å². The molecule has 6 nitrogen and oxygen atoms in total. The molecule has 0 radical (unpaired) electrons. The summed E-state index contributed by atoms with van der Waals surface area (Å²) in [4.78, 5) is 38.3. The molecule has 0 saturated heterocycles. The number of allylic oxidation sites excluding steroid dienone is 6. The van der Waals surface area contributed by atoms with Crippen molar-refractivity contribution >= 4 is 17.9 Å². The molecule has 0 saturated carbocycles. The van der Waals surface area contributed by atoms with Crippen LogP contribution < -0.4 is 0 Å². The van der Waals surface area contributed by atoms with Crippen LogP contribution in [0.2, 0.25) is 0 Å². The SMILES string of the molecule is CCCCCCC/C=C\C/C=C\CCCCCCCCCCCCCCCCCCCC(=O)OCC(COC(=O)CCCCCCCCCCCC)OC(=O)CCCCCCCCCCC/C=C\CCCCCCCCCC. The summed E-state index contributed by atoms with van der Waals surface area (Å²) >= 11 is 0. The van der Waals surface area contributed by atoms with E-state index in [0.29, 0.717) is 19.3 Å². The normalized spacial score (nSPS) is 12.2. The maximum atomic E-state index is 12.9. The zero-order chi connectivity index (χ0) is 56.4. The lowest BCUT2D eigenvalue weighted by Crippen LogP contribution is -2.30. The third-order valence-electron chi connectivity index (χ3n) is 15.9. The molecule has 0 aliphatic rings. The molecule has 6 heteroatoms. The van der Waals surface area contributed by atoms with Gasteiger partial charge in [-0.1, -0.05) is 327 Å². The second-order valence-electron chi connectivity index (χ2n) is 23.8. The highest BCUT2D eigenvalue weighted by Crippen LogP contribution is 2.18. The van der Waals surface area contributed by atoms with E-state index in [-0.39, 0.29) is 31.1 Å². The summed E-state index contributed by atoms with van der Waals surface area (Å²) in [6, 6.07) is 0. The van der Waals surface area contributed by atoms with Crippen molar-refractivity contribution in [1.82, 2.24) is 0 Å². The van der Waals surface area contributed by atoms with Gasteiger partial charge in [-0.05, 0) is 77.0 Å². The monoisotopic (exact) mass is 1100 g/mol. The van der Waals surface area contributed by atoms with Crippen LogP contribution in [-0.2, 0) is 28.6 Å². The van der Waals surface area contributed by atoms with Crippen molar-refractivity contribution in [2.45, 2.75) is 393 Å². The maximum Gasteiger partial charge on any atom is 0.306 e. The van der Waals surface area contributed by atoms with Gasteiger partial charge in [0.1, 0.15) is 13.2 Å². The maximum absolute atomic E-state index is 12.9. The summed E-state index contributed by atoms with van der Waals surface area (Å²) in [5.41, 5.74) is 0. The second kappa shape index (κ2) is 67.1. The molecule has 0 amide bonds.